The van der Waals surface area contributed by atoms with E-state index in [0.717, 1.165) is 40.3 Å². The molecule has 0 unspecified atom stereocenters. The summed E-state index contributed by atoms with van der Waals surface area (Å²) < 4.78 is 1.90. The van der Waals surface area contributed by atoms with Crippen molar-refractivity contribution in [3.63, 3.8) is 0 Å². The molecule has 4 heterocycles. The van der Waals surface area contributed by atoms with E-state index in [4.69, 9.17) is 5.10 Å². The van der Waals surface area contributed by atoms with Crippen LogP contribution in [0.4, 0.5) is 5.82 Å². The smallest absolute Gasteiger partial charge is 0.228 e. The van der Waals surface area contributed by atoms with Crippen molar-refractivity contribution in [1.29, 1.82) is 0 Å². The van der Waals surface area contributed by atoms with Crippen LogP contribution in [0, 0.1) is 6.92 Å². The molecule has 2 aliphatic rings. The molecule has 146 valence electrons. The third-order valence-electron chi connectivity index (χ3n) is 5.87. The molecular weight excluding hydrogens is 374 g/mol. The number of rotatable bonds is 5. The Bertz CT molecular complexity index is 1020. The van der Waals surface area contributed by atoms with Crippen molar-refractivity contribution < 1.29 is 4.79 Å². The summed E-state index contributed by atoms with van der Waals surface area (Å²) in [6.45, 7) is 3.55. The molecule has 3 aromatic heterocycles. The predicted molar refractivity (Wildman–Crippen MR) is 107 cm³/mol. The molecule has 9 heteroatoms. The maximum Gasteiger partial charge on any atom is 0.228 e. The van der Waals surface area contributed by atoms with E-state index in [1.54, 1.807) is 17.5 Å². The molecule has 0 atom stereocenters. The number of carbonyl (C=O) groups excluding carboxylic acids is 1. The minimum atomic E-state index is 0.141. The number of amides is 1. The molecule has 0 radical (unpaired) electrons. The predicted octanol–water partition coefficient (Wildman–Crippen LogP) is 2.05. The quantitative estimate of drug-likeness (QED) is 0.656. The first kappa shape index (κ1) is 17.5. The highest BCUT2D eigenvalue weighted by Gasteiger charge is 2.34. The van der Waals surface area contributed by atoms with Crippen molar-refractivity contribution >= 4 is 28.7 Å². The van der Waals surface area contributed by atoms with Gasteiger partial charge in [-0.2, -0.15) is 4.52 Å². The fourth-order valence-electron chi connectivity index (χ4n) is 3.74. The molecule has 0 N–H and O–H groups in total. The molecule has 1 saturated heterocycles. The van der Waals surface area contributed by atoms with E-state index in [-0.39, 0.29) is 11.9 Å². The summed E-state index contributed by atoms with van der Waals surface area (Å²) >= 11 is 1.59. The lowest BCUT2D eigenvalue weighted by Crippen LogP contribution is -2.60. The number of hydrogen-bond acceptors (Lipinski definition) is 7. The second kappa shape index (κ2) is 6.80. The van der Waals surface area contributed by atoms with Crippen LogP contribution in [0.5, 0.6) is 0 Å². The zero-order valence-electron chi connectivity index (χ0n) is 16.1. The van der Waals surface area contributed by atoms with Gasteiger partial charge < -0.3 is 9.80 Å². The zero-order valence-corrected chi connectivity index (χ0v) is 16.9. The van der Waals surface area contributed by atoms with Crippen LogP contribution in [0.15, 0.2) is 18.3 Å². The molecule has 5 rings (SSSR count). The van der Waals surface area contributed by atoms with Gasteiger partial charge in [0.25, 0.3) is 0 Å². The van der Waals surface area contributed by atoms with Gasteiger partial charge in [-0.05, 0) is 31.9 Å². The van der Waals surface area contributed by atoms with Crippen LogP contribution in [0.1, 0.15) is 40.9 Å². The Morgan fingerprint density at radius 1 is 1.29 bits per heavy atom. The summed E-state index contributed by atoms with van der Waals surface area (Å²) in [5.74, 6) is 2.53. The van der Waals surface area contributed by atoms with Crippen molar-refractivity contribution in [3.05, 3.63) is 34.0 Å². The van der Waals surface area contributed by atoms with E-state index in [2.05, 4.69) is 20.1 Å². The molecule has 0 bridgehead atoms. The van der Waals surface area contributed by atoms with E-state index >= 15 is 0 Å². The van der Waals surface area contributed by atoms with Crippen LogP contribution < -0.4 is 4.90 Å². The summed E-state index contributed by atoms with van der Waals surface area (Å²) in [5.41, 5.74) is 0.801. The van der Waals surface area contributed by atoms with E-state index in [9.17, 15) is 4.79 Å². The zero-order chi connectivity index (χ0) is 19.3. The fraction of sp³-hybridized carbons (Fsp3) is 0.526. The van der Waals surface area contributed by atoms with Gasteiger partial charge in [-0.25, -0.2) is 4.98 Å². The molecule has 3 aromatic rings. The number of carbonyl (C=O) groups is 1. The molecule has 0 spiro atoms. The Kier molecular flexibility index (Phi) is 4.26. The third-order valence-corrected chi connectivity index (χ3v) is 6.78. The number of aromatic nitrogens is 5. The maximum atomic E-state index is 12.5. The van der Waals surface area contributed by atoms with Gasteiger partial charge in [-0.3, -0.25) is 4.79 Å². The highest BCUT2D eigenvalue weighted by Crippen LogP contribution is 2.35. The van der Waals surface area contributed by atoms with Gasteiger partial charge in [0.2, 0.25) is 5.91 Å². The number of hydrogen-bond donors (Lipinski definition) is 0. The molecule has 8 nitrogen and oxygen atoms in total. The van der Waals surface area contributed by atoms with E-state index < -0.39 is 0 Å². The van der Waals surface area contributed by atoms with Crippen LogP contribution >= 0.6 is 11.3 Å². The average molecular weight is 398 g/mol. The molecule has 28 heavy (non-hydrogen) atoms. The monoisotopic (exact) mass is 397 g/mol. The van der Waals surface area contributed by atoms with Gasteiger partial charge in [0.05, 0.1) is 17.5 Å². The maximum absolute atomic E-state index is 12.5. The molecule has 1 aliphatic heterocycles. The van der Waals surface area contributed by atoms with Crippen LogP contribution in [0.3, 0.4) is 0 Å². The normalized spacial score (nSPS) is 17.6. The summed E-state index contributed by atoms with van der Waals surface area (Å²) in [6.07, 6.45) is 5.83. The van der Waals surface area contributed by atoms with Gasteiger partial charge in [0.15, 0.2) is 11.5 Å². The minimum Gasteiger partial charge on any atom is -0.351 e. The Morgan fingerprint density at radius 2 is 2.11 bits per heavy atom. The van der Waals surface area contributed by atoms with Crippen LogP contribution in [0.2, 0.25) is 0 Å². The first-order chi connectivity index (χ1) is 13.6. The van der Waals surface area contributed by atoms with Crippen LogP contribution in [-0.2, 0) is 11.2 Å². The van der Waals surface area contributed by atoms with Gasteiger partial charge in [0.1, 0.15) is 5.82 Å². The lowest BCUT2D eigenvalue weighted by atomic mass is 9.85. The number of aryl methyl sites for hydroxylation is 1. The van der Waals surface area contributed by atoms with E-state index in [0.29, 0.717) is 12.3 Å². The lowest BCUT2D eigenvalue weighted by Gasteiger charge is -2.44. The van der Waals surface area contributed by atoms with Crippen molar-refractivity contribution in [2.45, 2.75) is 44.6 Å². The second-order valence-electron chi connectivity index (χ2n) is 7.73. The molecule has 2 fully saturated rings. The Balaban J connectivity index is 1.24. The third kappa shape index (κ3) is 3.03. The number of thiazole rings is 1. The molecule has 1 amide bonds. The van der Waals surface area contributed by atoms with Crippen LogP contribution in [0.25, 0.3) is 5.65 Å². The minimum absolute atomic E-state index is 0.141. The number of anilines is 1. The number of fused-ring (bicyclic) bond motifs is 1. The largest absolute Gasteiger partial charge is 0.351 e. The van der Waals surface area contributed by atoms with Crippen molar-refractivity contribution in [2.75, 3.05) is 25.0 Å². The van der Waals surface area contributed by atoms with E-state index in [1.165, 1.54) is 19.3 Å². The molecule has 1 saturated carbocycles. The van der Waals surface area contributed by atoms with Gasteiger partial charge in [-0.1, -0.05) is 6.42 Å². The van der Waals surface area contributed by atoms with Gasteiger partial charge in [-0.15, -0.1) is 26.6 Å². The lowest BCUT2D eigenvalue weighted by molar-refractivity contribution is -0.131. The first-order valence-corrected chi connectivity index (χ1v) is 10.5. The Hall–Kier alpha value is -2.55. The van der Waals surface area contributed by atoms with E-state index in [1.807, 2.05) is 35.5 Å². The Labute approximate surface area is 167 Å². The average Bonchev–Trinajstić information content (AvgIpc) is 3.18. The Morgan fingerprint density at radius 3 is 2.79 bits per heavy atom. The standard InChI is InChI=1S/C19H23N7OS/c1-12-20-9-15(28-12)8-18(27)24(2)14-10-25(11-14)17-7-6-16-21-22-19(26(16)23-17)13-4-3-5-13/h6-7,9,13-14H,3-5,8,10-11H2,1-2H3. The fourth-order valence-corrected chi connectivity index (χ4v) is 4.52. The first-order valence-electron chi connectivity index (χ1n) is 9.73. The SMILES string of the molecule is Cc1ncc(CC(=O)N(C)C2CN(c3ccc4nnc(C5CCC5)n4n3)C2)s1. The topological polar surface area (TPSA) is 79.5 Å². The molecule has 1 aliphatic carbocycles. The highest BCUT2D eigenvalue weighted by molar-refractivity contribution is 7.11. The van der Waals surface area contributed by atoms with Crippen LogP contribution in [-0.4, -0.2) is 61.8 Å². The van der Waals surface area contributed by atoms with Crippen molar-refractivity contribution in [3.8, 4) is 0 Å². The second-order valence-corrected chi connectivity index (χ2v) is 9.05. The van der Waals surface area contributed by atoms with Crippen molar-refractivity contribution in [2.24, 2.45) is 0 Å². The van der Waals surface area contributed by atoms with Gasteiger partial charge >= 0.3 is 0 Å². The number of nitrogens with zero attached hydrogens (tertiary/aromatic N) is 7. The summed E-state index contributed by atoms with van der Waals surface area (Å²) in [4.78, 5) is 21.9. The molecule has 0 aromatic carbocycles. The summed E-state index contributed by atoms with van der Waals surface area (Å²) in [5, 5.41) is 14.4. The summed E-state index contributed by atoms with van der Waals surface area (Å²) in [7, 11) is 1.89. The molecular formula is C19H23N7OS. The van der Waals surface area contributed by atoms with Crippen molar-refractivity contribution in [1.82, 2.24) is 29.7 Å². The van der Waals surface area contributed by atoms with Gasteiger partial charge in [0, 0.05) is 37.1 Å². The highest BCUT2D eigenvalue weighted by atomic mass is 32.1. The number of likely N-dealkylation sites (N-methyl/N-ethyl adjacent to an activating group) is 1. The summed E-state index contributed by atoms with van der Waals surface area (Å²) in [6, 6.07) is 4.18.